The molecule has 0 bridgehead atoms. The van der Waals surface area contributed by atoms with Gasteiger partial charge in [-0.1, -0.05) is 32.0 Å². The van der Waals surface area contributed by atoms with Crippen molar-refractivity contribution in [2.75, 3.05) is 12.4 Å². The van der Waals surface area contributed by atoms with Crippen molar-refractivity contribution in [1.82, 2.24) is 5.32 Å². The lowest BCUT2D eigenvalue weighted by Gasteiger charge is -2.12. The van der Waals surface area contributed by atoms with Gasteiger partial charge in [0, 0.05) is 24.2 Å². The number of methoxy groups -OCH3 is 1. The third-order valence-corrected chi connectivity index (χ3v) is 3.85. The fourth-order valence-corrected chi connectivity index (χ4v) is 2.48. The van der Waals surface area contributed by atoms with Crippen LogP contribution in [-0.2, 0) is 11.3 Å². The van der Waals surface area contributed by atoms with E-state index in [0.717, 1.165) is 16.9 Å². The van der Waals surface area contributed by atoms with Crippen LogP contribution >= 0.6 is 0 Å². The predicted octanol–water partition coefficient (Wildman–Crippen LogP) is 3.54. The van der Waals surface area contributed by atoms with Crippen LogP contribution in [0.2, 0.25) is 0 Å². The zero-order chi connectivity index (χ0) is 19.8. The van der Waals surface area contributed by atoms with E-state index in [0.29, 0.717) is 12.6 Å². The van der Waals surface area contributed by atoms with Gasteiger partial charge in [-0.25, -0.2) is 4.79 Å². The number of hydrogen-bond acceptors (Lipinski definition) is 4. The molecule has 0 unspecified atom stereocenters. The van der Waals surface area contributed by atoms with Crippen molar-refractivity contribution in [3.05, 3.63) is 65.2 Å². The first kappa shape index (κ1) is 20.2. The molecule has 0 heterocycles. The van der Waals surface area contributed by atoms with Crippen LogP contribution in [0.25, 0.3) is 6.08 Å². The SMILES string of the molecule is COc1ccc(/C=C/C(=O)Nc2ccccc2C(=O)O)cc1CNC(C)C. The third-order valence-electron chi connectivity index (χ3n) is 3.85. The zero-order valence-electron chi connectivity index (χ0n) is 15.7. The second-order valence-electron chi connectivity index (χ2n) is 6.28. The summed E-state index contributed by atoms with van der Waals surface area (Å²) in [6.07, 6.45) is 3.05. The summed E-state index contributed by atoms with van der Waals surface area (Å²) in [6, 6.07) is 12.3. The van der Waals surface area contributed by atoms with Gasteiger partial charge in [-0.05, 0) is 35.9 Å². The molecule has 0 spiro atoms. The van der Waals surface area contributed by atoms with Crippen LogP contribution < -0.4 is 15.4 Å². The number of carboxylic acids is 1. The minimum atomic E-state index is -1.09. The molecule has 0 atom stereocenters. The van der Waals surface area contributed by atoms with Crippen LogP contribution in [0.4, 0.5) is 5.69 Å². The van der Waals surface area contributed by atoms with Crippen LogP contribution in [0.1, 0.15) is 35.3 Å². The van der Waals surface area contributed by atoms with Crippen LogP contribution in [0, 0.1) is 0 Å². The molecule has 0 radical (unpaired) electrons. The topological polar surface area (TPSA) is 87.7 Å². The zero-order valence-corrected chi connectivity index (χ0v) is 15.7. The third kappa shape index (κ3) is 5.97. The predicted molar refractivity (Wildman–Crippen MR) is 106 cm³/mol. The van der Waals surface area contributed by atoms with E-state index < -0.39 is 11.9 Å². The normalized spacial score (nSPS) is 11.0. The summed E-state index contributed by atoms with van der Waals surface area (Å²) in [5, 5.41) is 15.1. The largest absolute Gasteiger partial charge is 0.496 e. The Balaban J connectivity index is 2.12. The Labute approximate surface area is 158 Å². The number of rotatable bonds is 8. The molecule has 6 nitrogen and oxygen atoms in total. The average molecular weight is 368 g/mol. The van der Waals surface area contributed by atoms with Gasteiger partial charge in [0.05, 0.1) is 18.4 Å². The van der Waals surface area contributed by atoms with E-state index in [1.807, 2.05) is 18.2 Å². The maximum absolute atomic E-state index is 12.2. The van der Waals surface area contributed by atoms with Crippen molar-refractivity contribution < 1.29 is 19.4 Å². The van der Waals surface area contributed by atoms with Gasteiger partial charge in [-0.15, -0.1) is 0 Å². The minimum absolute atomic E-state index is 0.0470. The summed E-state index contributed by atoms with van der Waals surface area (Å²) in [5.41, 5.74) is 2.14. The Hall–Kier alpha value is -3.12. The van der Waals surface area contributed by atoms with E-state index in [9.17, 15) is 9.59 Å². The fraction of sp³-hybridized carbons (Fsp3) is 0.238. The number of benzene rings is 2. The van der Waals surface area contributed by atoms with Gasteiger partial charge in [0.2, 0.25) is 5.91 Å². The van der Waals surface area contributed by atoms with E-state index >= 15 is 0 Å². The molecular formula is C21H24N2O4. The van der Waals surface area contributed by atoms with Crippen molar-refractivity contribution in [3.63, 3.8) is 0 Å². The van der Waals surface area contributed by atoms with Crippen molar-refractivity contribution in [3.8, 4) is 5.75 Å². The van der Waals surface area contributed by atoms with E-state index in [1.54, 1.807) is 31.4 Å². The van der Waals surface area contributed by atoms with Gasteiger partial charge in [0.15, 0.2) is 0 Å². The van der Waals surface area contributed by atoms with Gasteiger partial charge in [-0.2, -0.15) is 0 Å². The first-order valence-electron chi connectivity index (χ1n) is 8.62. The highest BCUT2D eigenvalue weighted by Gasteiger charge is 2.10. The standard InChI is InChI=1S/C21H24N2O4/c1-14(2)22-13-16-12-15(8-10-19(16)27-3)9-11-20(24)23-18-7-5-4-6-17(18)21(25)26/h4-12,14,22H,13H2,1-3H3,(H,23,24)(H,25,26)/b11-9+. The van der Waals surface area contributed by atoms with E-state index in [2.05, 4.69) is 24.5 Å². The van der Waals surface area contributed by atoms with Crippen LogP contribution in [0.5, 0.6) is 5.75 Å². The summed E-state index contributed by atoms with van der Waals surface area (Å²) in [5.74, 6) is -0.714. The molecule has 2 aromatic carbocycles. The number of hydrogen-bond donors (Lipinski definition) is 3. The van der Waals surface area contributed by atoms with E-state index in [1.165, 1.54) is 12.1 Å². The summed E-state index contributed by atoms with van der Waals surface area (Å²) in [4.78, 5) is 23.4. The molecule has 3 N–H and O–H groups in total. The second kappa shape index (κ2) is 9.54. The average Bonchev–Trinajstić information content (AvgIpc) is 2.65. The number of carbonyl (C=O) groups is 2. The van der Waals surface area contributed by atoms with Gasteiger partial charge in [0.25, 0.3) is 0 Å². The number of carbonyl (C=O) groups excluding carboxylic acids is 1. The summed E-state index contributed by atoms with van der Waals surface area (Å²) in [7, 11) is 1.62. The number of aromatic carboxylic acids is 1. The number of carboxylic acid groups (broad SMARTS) is 1. The Bertz CT molecular complexity index is 844. The molecular weight excluding hydrogens is 344 g/mol. The summed E-state index contributed by atoms with van der Waals surface area (Å²) < 4.78 is 5.37. The molecule has 2 aromatic rings. The maximum atomic E-state index is 12.2. The molecule has 142 valence electrons. The monoisotopic (exact) mass is 368 g/mol. The number of ether oxygens (including phenoxy) is 1. The Morgan fingerprint density at radius 3 is 2.59 bits per heavy atom. The highest BCUT2D eigenvalue weighted by Crippen LogP contribution is 2.21. The molecule has 0 fully saturated rings. The lowest BCUT2D eigenvalue weighted by molar-refractivity contribution is -0.111. The number of nitrogens with one attached hydrogen (secondary N) is 2. The molecule has 0 aliphatic rings. The molecule has 0 aromatic heterocycles. The van der Waals surface area contributed by atoms with Gasteiger partial charge in [0.1, 0.15) is 5.75 Å². The first-order valence-corrected chi connectivity index (χ1v) is 8.62. The molecule has 27 heavy (non-hydrogen) atoms. The van der Waals surface area contributed by atoms with Crippen molar-refractivity contribution in [2.24, 2.45) is 0 Å². The van der Waals surface area contributed by atoms with E-state index in [4.69, 9.17) is 9.84 Å². The number of para-hydroxylation sites is 1. The van der Waals surface area contributed by atoms with Crippen molar-refractivity contribution in [1.29, 1.82) is 0 Å². The maximum Gasteiger partial charge on any atom is 0.337 e. The molecule has 0 aliphatic carbocycles. The van der Waals surface area contributed by atoms with E-state index in [-0.39, 0.29) is 11.3 Å². The fourth-order valence-electron chi connectivity index (χ4n) is 2.48. The molecule has 2 rings (SSSR count). The smallest absolute Gasteiger partial charge is 0.337 e. The molecule has 0 saturated carbocycles. The van der Waals surface area contributed by atoms with Gasteiger partial charge in [-0.3, -0.25) is 4.79 Å². The second-order valence-corrected chi connectivity index (χ2v) is 6.28. The molecule has 1 amide bonds. The highest BCUT2D eigenvalue weighted by atomic mass is 16.5. The first-order chi connectivity index (χ1) is 12.9. The molecule has 0 aliphatic heterocycles. The van der Waals surface area contributed by atoms with Crippen molar-refractivity contribution in [2.45, 2.75) is 26.4 Å². The number of anilines is 1. The lowest BCUT2D eigenvalue weighted by atomic mass is 10.1. The molecule has 6 heteroatoms. The Morgan fingerprint density at radius 1 is 1.19 bits per heavy atom. The Morgan fingerprint density at radius 2 is 1.93 bits per heavy atom. The van der Waals surface area contributed by atoms with Gasteiger partial charge >= 0.3 is 5.97 Å². The highest BCUT2D eigenvalue weighted by molar-refractivity contribution is 6.06. The van der Waals surface area contributed by atoms with Crippen LogP contribution in [0.3, 0.4) is 0 Å². The Kier molecular flexibility index (Phi) is 7.14. The number of amides is 1. The summed E-state index contributed by atoms with van der Waals surface area (Å²) >= 11 is 0. The van der Waals surface area contributed by atoms with Crippen molar-refractivity contribution >= 4 is 23.6 Å². The van der Waals surface area contributed by atoms with Crippen LogP contribution in [0.15, 0.2) is 48.5 Å². The van der Waals surface area contributed by atoms with Crippen LogP contribution in [-0.4, -0.2) is 30.1 Å². The minimum Gasteiger partial charge on any atom is -0.496 e. The van der Waals surface area contributed by atoms with Gasteiger partial charge < -0.3 is 20.5 Å². The lowest BCUT2D eigenvalue weighted by Crippen LogP contribution is -2.22. The summed E-state index contributed by atoms with van der Waals surface area (Å²) in [6.45, 7) is 4.78. The quantitative estimate of drug-likeness (QED) is 0.620. The molecule has 0 saturated heterocycles.